The molecule has 2 aromatic carbocycles. The molecule has 7 N–H and O–H groups in total. The fraction of sp³-hybridized carbons (Fsp3) is 0.444. The van der Waals surface area contributed by atoms with Crippen LogP contribution in [0.3, 0.4) is 0 Å². The zero-order valence-corrected chi connectivity index (χ0v) is 21.2. The SMILES string of the molecule is COc1cccc2c1C(=O)c1c(O)c3c(c(O)c1C2=O)C[C@@](O)(C(=O)CO)C[C@@H]3O[C@H]1C[C@H](N)C(O)[C@H](C)O1. The maximum absolute atomic E-state index is 13.6. The number of carbonyl (C=O) groups is 3. The van der Waals surface area contributed by atoms with Gasteiger partial charge in [-0.3, -0.25) is 14.4 Å². The molecule has 0 spiro atoms. The van der Waals surface area contributed by atoms with Crippen LogP contribution in [0.25, 0.3) is 0 Å². The maximum atomic E-state index is 13.6. The second kappa shape index (κ2) is 9.66. The summed E-state index contributed by atoms with van der Waals surface area (Å²) in [4.78, 5) is 39.7. The zero-order valence-electron chi connectivity index (χ0n) is 21.2. The molecule has 208 valence electrons. The fourth-order valence-corrected chi connectivity index (χ4v) is 5.75. The first kappa shape index (κ1) is 27.2. The number of ether oxygens (including phenoxy) is 3. The van der Waals surface area contributed by atoms with Gasteiger partial charge in [-0.1, -0.05) is 12.1 Å². The van der Waals surface area contributed by atoms with Crippen LogP contribution in [0.1, 0.15) is 68.8 Å². The number of hydrogen-bond acceptors (Lipinski definition) is 12. The van der Waals surface area contributed by atoms with Crippen LogP contribution in [0, 0.1) is 0 Å². The average molecular weight is 544 g/mol. The Bertz CT molecular complexity index is 1380. The van der Waals surface area contributed by atoms with E-state index in [4.69, 9.17) is 19.9 Å². The number of Topliss-reactive ketones (excluding diaryl/α,β-unsaturated/α-hetero) is 1. The van der Waals surface area contributed by atoms with E-state index in [0.717, 1.165) is 0 Å². The molecule has 1 heterocycles. The number of carbonyl (C=O) groups excluding carboxylic acids is 3. The largest absolute Gasteiger partial charge is 0.507 e. The third-order valence-electron chi connectivity index (χ3n) is 7.81. The number of phenolic OH excluding ortho intramolecular Hbond substituents is 2. The highest BCUT2D eigenvalue weighted by molar-refractivity contribution is 6.31. The number of hydrogen-bond donors (Lipinski definition) is 6. The third kappa shape index (κ3) is 4.11. The van der Waals surface area contributed by atoms with Crippen molar-refractivity contribution in [3.63, 3.8) is 0 Å². The monoisotopic (exact) mass is 543 g/mol. The van der Waals surface area contributed by atoms with Crippen molar-refractivity contribution in [2.75, 3.05) is 13.7 Å². The molecule has 1 saturated heterocycles. The first-order chi connectivity index (χ1) is 18.4. The van der Waals surface area contributed by atoms with Crippen molar-refractivity contribution < 1.29 is 54.1 Å². The molecule has 1 unspecified atom stereocenters. The van der Waals surface area contributed by atoms with E-state index in [1.807, 2.05) is 0 Å². The minimum absolute atomic E-state index is 0.0173. The molecule has 0 aromatic heterocycles. The normalized spacial score (nSPS) is 29.8. The van der Waals surface area contributed by atoms with Gasteiger partial charge in [0.1, 0.15) is 29.5 Å². The highest BCUT2D eigenvalue weighted by atomic mass is 16.7. The van der Waals surface area contributed by atoms with Crippen molar-refractivity contribution in [1.82, 2.24) is 0 Å². The standard InChI is InChI=1S/C27H29NO11/c1-10-22(31)13(28)6-17(38-10)39-15-8-27(36,16(30)9-29)7-12-19(15)26(35)21-20(24(12)33)23(32)11-4-3-5-14(37-2)18(11)25(21)34/h3-5,10,13,15,17,22,29,31,33,35-36H,6-9,28H2,1-2H3/t10-,13-,15-,17-,22?,27-/m0/s1. The number of methoxy groups -OCH3 is 1. The molecule has 1 fully saturated rings. The van der Waals surface area contributed by atoms with Crippen molar-refractivity contribution >= 4 is 17.3 Å². The molecule has 0 amide bonds. The molecule has 39 heavy (non-hydrogen) atoms. The molecule has 0 radical (unpaired) electrons. The Balaban J connectivity index is 1.69. The first-order valence-corrected chi connectivity index (χ1v) is 12.4. The number of aliphatic hydroxyl groups excluding tert-OH is 2. The molecular formula is C27H29NO11. The second-order valence-electron chi connectivity index (χ2n) is 10.2. The van der Waals surface area contributed by atoms with Gasteiger partial charge in [0.05, 0.1) is 42.1 Å². The van der Waals surface area contributed by atoms with Crippen LogP contribution in [-0.2, 0) is 20.7 Å². The summed E-state index contributed by atoms with van der Waals surface area (Å²) in [7, 11) is 1.32. The summed E-state index contributed by atoms with van der Waals surface area (Å²) in [5, 5.41) is 53.7. The zero-order chi connectivity index (χ0) is 28.4. The lowest BCUT2D eigenvalue weighted by atomic mass is 9.72. The Labute approximate surface area is 222 Å². The molecular weight excluding hydrogens is 514 g/mol. The van der Waals surface area contributed by atoms with Crippen LogP contribution >= 0.6 is 0 Å². The molecule has 12 heteroatoms. The van der Waals surface area contributed by atoms with Gasteiger partial charge in [0.2, 0.25) is 5.78 Å². The van der Waals surface area contributed by atoms with E-state index in [1.54, 1.807) is 6.92 Å². The van der Waals surface area contributed by atoms with Crippen LogP contribution in [-0.4, -0.2) is 86.7 Å². The smallest absolute Gasteiger partial charge is 0.202 e. The fourth-order valence-electron chi connectivity index (χ4n) is 5.75. The van der Waals surface area contributed by atoms with E-state index in [1.165, 1.54) is 25.3 Å². The minimum Gasteiger partial charge on any atom is -0.507 e. The molecule has 5 rings (SSSR count). The van der Waals surface area contributed by atoms with Crippen molar-refractivity contribution in [3.05, 3.63) is 51.6 Å². The molecule has 3 aliphatic rings. The summed E-state index contributed by atoms with van der Waals surface area (Å²) in [6.07, 6.45) is -5.12. The second-order valence-corrected chi connectivity index (χ2v) is 10.2. The van der Waals surface area contributed by atoms with Gasteiger partial charge in [0.15, 0.2) is 17.9 Å². The molecule has 2 aromatic rings. The number of ketones is 3. The summed E-state index contributed by atoms with van der Waals surface area (Å²) in [6, 6.07) is 3.64. The maximum Gasteiger partial charge on any atom is 0.202 e. The lowest BCUT2D eigenvalue weighted by molar-refractivity contribution is -0.247. The van der Waals surface area contributed by atoms with Crippen LogP contribution < -0.4 is 10.5 Å². The van der Waals surface area contributed by atoms with E-state index in [2.05, 4.69) is 0 Å². The molecule has 0 bridgehead atoms. The number of aromatic hydroxyl groups is 2. The summed E-state index contributed by atoms with van der Waals surface area (Å²) in [5.41, 5.74) is 2.37. The summed E-state index contributed by atoms with van der Waals surface area (Å²) >= 11 is 0. The van der Waals surface area contributed by atoms with Crippen molar-refractivity contribution in [3.8, 4) is 17.2 Å². The molecule has 2 aliphatic carbocycles. The molecule has 1 aliphatic heterocycles. The van der Waals surface area contributed by atoms with Crippen LogP contribution in [0.4, 0.5) is 0 Å². The number of benzene rings is 2. The van der Waals surface area contributed by atoms with Gasteiger partial charge in [-0.15, -0.1) is 0 Å². The Morgan fingerprint density at radius 1 is 1.15 bits per heavy atom. The predicted octanol–water partition coefficient (Wildman–Crippen LogP) is 0.00130. The lowest BCUT2D eigenvalue weighted by Crippen LogP contribution is -2.53. The van der Waals surface area contributed by atoms with E-state index in [0.29, 0.717) is 0 Å². The Hall–Kier alpha value is -3.39. The van der Waals surface area contributed by atoms with Gasteiger partial charge in [-0.2, -0.15) is 0 Å². The topological polar surface area (TPSA) is 206 Å². The number of rotatable bonds is 5. The number of aliphatic hydroxyl groups is 3. The highest BCUT2D eigenvalue weighted by Crippen LogP contribution is 2.52. The number of fused-ring (bicyclic) bond motifs is 3. The van der Waals surface area contributed by atoms with Gasteiger partial charge >= 0.3 is 0 Å². The van der Waals surface area contributed by atoms with E-state index in [-0.39, 0.29) is 34.4 Å². The van der Waals surface area contributed by atoms with Crippen molar-refractivity contribution in [2.45, 2.75) is 62.4 Å². The summed E-state index contributed by atoms with van der Waals surface area (Å²) in [6.45, 7) is 0.560. The quantitative estimate of drug-likeness (QED) is 0.235. The number of nitrogens with two attached hydrogens (primary N) is 1. The van der Waals surface area contributed by atoms with Crippen LogP contribution in [0.2, 0.25) is 0 Å². The molecule has 6 atom stereocenters. The lowest BCUT2D eigenvalue weighted by Gasteiger charge is -2.42. The summed E-state index contributed by atoms with van der Waals surface area (Å²) in [5.74, 6) is -3.77. The van der Waals surface area contributed by atoms with Gasteiger partial charge in [-0.25, -0.2) is 0 Å². The van der Waals surface area contributed by atoms with Gasteiger partial charge in [-0.05, 0) is 13.0 Å². The van der Waals surface area contributed by atoms with Gasteiger partial charge in [0, 0.05) is 42.0 Å². The van der Waals surface area contributed by atoms with Crippen molar-refractivity contribution in [2.24, 2.45) is 5.73 Å². The van der Waals surface area contributed by atoms with Crippen LogP contribution in [0.15, 0.2) is 18.2 Å². The first-order valence-electron chi connectivity index (χ1n) is 12.4. The van der Waals surface area contributed by atoms with E-state index in [9.17, 15) is 39.9 Å². The average Bonchev–Trinajstić information content (AvgIpc) is 2.90. The van der Waals surface area contributed by atoms with Gasteiger partial charge < -0.3 is 45.5 Å². The van der Waals surface area contributed by atoms with Crippen LogP contribution in [0.5, 0.6) is 17.2 Å². The number of phenols is 2. The third-order valence-corrected chi connectivity index (χ3v) is 7.81. The Morgan fingerprint density at radius 2 is 1.85 bits per heavy atom. The molecule has 0 saturated carbocycles. The van der Waals surface area contributed by atoms with E-state index >= 15 is 0 Å². The van der Waals surface area contributed by atoms with Gasteiger partial charge in [0.25, 0.3) is 0 Å². The minimum atomic E-state index is -2.24. The predicted molar refractivity (Wildman–Crippen MR) is 132 cm³/mol. The Morgan fingerprint density at radius 3 is 2.49 bits per heavy atom. The summed E-state index contributed by atoms with van der Waals surface area (Å²) < 4.78 is 17.0. The molecule has 12 nitrogen and oxygen atoms in total. The van der Waals surface area contributed by atoms with E-state index < -0.39 is 95.7 Å². The van der Waals surface area contributed by atoms with Crippen molar-refractivity contribution in [1.29, 1.82) is 0 Å². The Kier molecular flexibility index (Phi) is 6.74. The highest BCUT2D eigenvalue weighted by Gasteiger charge is 2.50.